The zero-order valence-electron chi connectivity index (χ0n) is 7.22. The van der Waals surface area contributed by atoms with Crippen LogP contribution in [0, 0.1) is 5.92 Å². The standard InChI is InChI=1S/C10H13ClO/c1-2-10(12)8-4-3-5-9(11)7-6-8/h5-8H,2-4H2,1H3. The third-order valence-corrected chi connectivity index (χ3v) is 2.35. The molecule has 0 aromatic rings. The van der Waals surface area contributed by atoms with Crippen molar-refractivity contribution in [2.75, 3.05) is 0 Å². The minimum absolute atomic E-state index is 0.0856. The normalized spacial score (nSPS) is 23.2. The second-order valence-corrected chi connectivity index (χ2v) is 3.39. The fourth-order valence-electron chi connectivity index (χ4n) is 1.30. The van der Waals surface area contributed by atoms with Crippen LogP contribution < -0.4 is 0 Å². The molecule has 0 bridgehead atoms. The predicted molar refractivity (Wildman–Crippen MR) is 51.1 cm³/mol. The lowest BCUT2D eigenvalue weighted by Gasteiger charge is -2.06. The predicted octanol–water partition coefficient (Wildman–Crippen LogP) is 3.05. The van der Waals surface area contributed by atoms with Crippen LogP contribution in [0.3, 0.4) is 0 Å². The van der Waals surface area contributed by atoms with Crippen LogP contribution in [-0.4, -0.2) is 5.78 Å². The zero-order valence-corrected chi connectivity index (χ0v) is 7.97. The molecule has 0 saturated carbocycles. The van der Waals surface area contributed by atoms with Gasteiger partial charge in [-0.2, -0.15) is 0 Å². The molecule has 0 aromatic heterocycles. The van der Waals surface area contributed by atoms with Crippen molar-refractivity contribution >= 4 is 17.4 Å². The summed E-state index contributed by atoms with van der Waals surface area (Å²) in [6, 6.07) is 0. The van der Waals surface area contributed by atoms with E-state index in [0.717, 1.165) is 17.9 Å². The molecule has 1 unspecified atom stereocenters. The van der Waals surface area contributed by atoms with E-state index >= 15 is 0 Å². The highest BCUT2D eigenvalue weighted by Crippen LogP contribution is 2.19. The molecule has 1 rings (SSSR count). The van der Waals surface area contributed by atoms with Gasteiger partial charge in [-0.1, -0.05) is 30.7 Å². The third-order valence-electron chi connectivity index (χ3n) is 2.07. The summed E-state index contributed by atoms with van der Waals surface area (Å²) in [5.74, 6) is 0.397. The van der Waals surface area contributed by atoms with Crippen LogP contribution in [0.4, 0.5) is 0 Å². The van der Waals surface area contributed by atoms with Gasteiger partial charge >= 0.3 is 0 Å². The topological polar surface area (TPSA) is 17.1 Å². The summed E-state index contributed by atoms with van der Waals surface area (Å²) < 4.78 is 0. The number of rotatable bonds is 2. The van der Waals surface area contributed by atoms with Gasteiger partial charge in [0, 0.05) is 17.4 Å². The minimum atomic E-state index is 0.0856. The highest BCUT2D eigenvalue weighted by molar-refractivity contribution is 6.31. The number of ketones is 1. The van der Waals surface area contributed by atoms with Crippen LogP contribution >= 0.6 is 11.6 Å². The maximum absolute atomic E-state index is 11.3. The van der Waals surface area contributed by atoms with Crippen LogP contribution in [0.1, 0.15) is 26.2 Å². The SMILES string of the molecule is CCC(=O)C1C=CC(Cl)=CCC1. The maximum Gasteiger partial charge on any atom is 0.139 e. The van der Waals surface area contributed by atoms with Crippen molar-refractivity contribution < 1.29 is 4.79 Å². The van der Waals surface area contributed by atoms with Crippen LogP contribution in [0.5, 0.6) is 0 Å². The van der Waals surface area contributed by atoms with E-state index in [0.29, 0.717) is 12.2 Å². The van der Waals surface area contributed by atoms with Crippen molar-refractivity contribution in [1.29, 1.82) is 0 Å². The molecule has 0 heterocycles. The lowest BCUT2D eigenvalue weighted by atomic mass is 9.97. The molecule has 0 spiro atoms. The largest absolute Gasteiger partial charge is 0.299 e. The first-order valence-electron chi connectivity index (χ1n) is 4.30. The van der Waals surface area contributed by atoms with Gasteiger partial charge in [-0.15, -0.1) is 0 Å². The summed E-state index contributed by atoms with van der Waals surface area (Å²) >= 11 is 5.80. The van der Waals surface area contributed by atoms with Gasteiger partial charge in [-0.3, -0.25) is 4.79 Å². The highest BCUT2D eigenvalue weighted by atomic mass is 35.5. The van der Waals surface area contributed by atoms with E-state index in [9.17, 15) is 4.79 Å². The van der Waals surface area contributed by atoms with E-state index in [1.807, 2.05) is 25.2 Å². The molecule has 0 amide bonds. The average Bonchev–Trinajstić information content (AvgIpc) is 2.29. The molecule has 0 saturated heterocycles. The first-order chi connectivity index (χ1) is 5.74. The molecule has 0 N–H and O–H groups in total. The Kier molecular flexibility index (Phi) is 3.54. The van der Waals surface area contributed by atoms with Gasteiger partial charge in [0.2, 0.25) is 0 Å². The van der Waals surface area contributed by atoms with Crippen molar-refractivity contribution in [2.24, 2.45) is 5.92 Å². The number of carbonyl (C=O) groups excluding carboxylic acids is 1. The average molecular weight is 185 g/mol. The molecule has 2 heteroatoms. The van der Waals surface area contributed by atoms with E-state index < -0.39 is 0 Å². The lowest BCUT2D eigenvalue weighted by Crippen LogP contribution is -2.09. The quantitative estimate of drug-likeness (QED) is 0.645. The number of Topliss-reactive ketones (excluding diaryl/α,β-unsaturated/α-hetero) is 1. The molecule has 12 heavy (non-hydrogen) atoms. The smallest absolute Gasteiger partial charge is 0.139 e. The summed E-state index contributed by atoms with van der Waals surface area (Å²) in [4.78, 5) is 11.3. The van der Waals surface area contributed by atoms with Crippen LogP contribution in [0.2, 0.25) is 0 Å². The number of halogens is 1. The molecule has 1 atom stereocenters. The van der Waals surface area contributed by atoms with Crippen molar-refractivity contribution in [3.05, 3.63) is 23.3 Å². The molecule has 66 valence electrons. The van der Waals surface area contributed by atoms with E-state index in [4.69, 9.17) is 11.6 Å². The first kappa shape index (κ1) is 9.53. The van der Waals surface area contributed by atoms with Crippen LogP contribution in [0.15, 0.2) is 23.3 Å². The van der Waals surface area contributed by atoms with Gasteiger partial charge in [-0.05, 0) is 18.9 Å². The molecule has 1 aliphatic rings. The van der Waals surface area contributed by atoms with Crippen LogP contribution in [-0.2, 0) is 4.79 Å². The Balaban J connectivity index is 2.61. The molecule has 0 aromatic carbocycles. The van der Waals surface area contributed by atoms with Gasteiger partial charge in [0.1, 0.15) is 5.78 Å². The van der Waals surface area contributed by atoms with E-state index in [1.54, 1.807) is 0 Å². The Labute approximate surface area is 78.1 Å². The minimum Gasteiger partial charge on any atom is -0.299 e. The van der Waals surface area contributed by atoms with E-state index in [1.165, 1.54) is 0 Å². The van der Waals surface area contributed by atoms with Gasteiger partial charge in [0.15, 0.2) is 0 Å². The molecule has 0 radical (unpaired) electrons. The summed E-state index contributed by atoms with van der Waals surface area (Å²) in [7, 11) is 0. The molecule has 0 aliphatic heterocycles. The number of hydrogen-bond donors (Lipinski definition) is 0. The van der Waals surface area contributed by atoms with Gasteiger partial charge in [0.25, 0.3) is 0 Å². The van der Waals surface area contributed by atoms with Gasteiger partial charge in [-0.25, -0.2) is 0 Å². The summed E-state index contributed by atoms with van der Waals surface area (Å²) in [6.45, 7) is 1.90. The third kappa shape index (κ3) is 2.49. The Bertz CT molecular complexity index is 228. The molecule has 1 aliphatic carbocycles. The summed E-state index contributed by atoms with van der Waals surface area (Å²) in [5.41, 5.74) is 0. The second kappa shape index (κ2) is 4.46. The highest BCUT2D eigenvalue weighted by Gasteiger charge is 2.13. The van der Waals surface area contributed by atoms with Crippen LogP contribution in [0.25, 0.3) is 0 Å². The Morgan fingerprint density at radius 3 is 3.17 bits per heavy atom. The first-order valence-corrected chi connectivity index (χ1v) is 4.68. The van der Waals surface area contributed by atoms with Gasteiger partial charge in [0.05, 0.1) is 0 Å². The molecular formula is C10H13ClO. The number of carbonyl (C=O) groups is 1. The Morgan fingerprint density at radius 2 is 2.50 bits per heavy atom. The number of hydrogen-bond acceptors (Lipinski definition) is 1. The number of allylic oxidation sites excluding steroid dienone is 4. The zero-order chi connectivity index (χ0) is 8.97. The molecular weight excluding hydrogens is 172 g/mol. The maximum atomic E-state index is 11.3. The van der Waals surface area contributed by atoms with Crippen molar-refractivity contribution in [1.82, 2.24) is 0 Å². The van der Waals surface area contributed by atoms with Crippen molar-refractivity contribution in [2.45, 2.75) is 26.2 Å². The lowest BCUT2D eigenvalue weighted by molar-refractivity contribution is -0.121. The fourth-order valence-corrected chi connectivity index (χ4v) is 1.49. The summed E-state index contributed by atoms with van der Waals surface area (Å²) in [5, 5.41) is 0.751. The van der Waals surface area contributed by atoms with E-state index in [-0.39, 0.29) is 5.92 Å². The van der Waals surface area contributed by atoms with Crippen molar-refractivity contribution in [3.8, 4) is 0 Å². The van der Waals surface area contributed by atoms with E-state index in [2.05, 4.69) is 0 Å². The second-order valence-electron chi connectivity index (χ2n) is 2.95. The molecule has 0 fully saturated rings. The monoisotopic (exact) mass is 184 g/mol. The summed E-state index contributed by atoms with van der Waals surface area (Å²) in [6.07, 6.45) is 8.12. The fraction of sp³-hybridized carbons (Fsp3) is 0.500. The Morgan fingerprint density at radius 1 is 1.75 bits per heavy atom. The Hall–Kier alpha value is -0.560. The molecule has 1 nitrogen and oxygen atoms in total. The van der Waals surface area contributed by atoms with Gasteiger partial charge < -0.3 is 0 Å². The van der Waals surface area contributed by atoms with Crippen molar-refractivity contribution in [3.63, 3.8) is 0 Å².